The summed E-state index contributed by atoms with van der Waals surface area (Å²) in [4.78, 5) is 4.25. The molecule has 3 rings (SSSR count). The number of nitrogens with two attached hydrogens (primary N) is 1. The van der Waals surface area contributed by atoms with Gasteiger partial charge in [-0.15, -0.1) is 0 Å². The van der Waals surface area contributed by atoms with E-state index in [4.69, 9.17) is 10.3 Å². The van der Waals surface area contributed by atoms with Crippen LogP contribution in [0.25, 0.3) is 11.4 Å². The van der Waals surface area contributed by atoms with Crippen LogP contribution in [-0.4, -0.2) is 10.1 Å². The lowest BCUT2D eigenvalue weighted by Crippen LogP contribution is -2.33. The Morgan fingerprint density at radius 2 is 1.94 bits per heavy atom. The van der Waals surface area contributed by atoms with Crippen LogP contribution in [0.3, 0.4) is 0 Å². The minimum atomic E-state index is -0.531. The van der Waals surface area contributed by atoms with E-state index < -0.39 is 5.54 Å². The second kappa shape index (κ2) is 4.17. The Balaban J connectivity index is 1.97. The van der Waals surface area contributed by atoms with Gasteiger partial charge in [-0.2, -0.15) is 4.98 Å². The van der Waals surface area contributed by atoms with E-state index in [0.717, 1.165) is 25.7 Å². The van der Waals surface area contributed by atoms with E-state index in [-0.39, 0.29) is 11.6 Å². The molecule has 0 spiro atoms. The summed E-state index contributed by atoms with van der Waals surface area (Å²) in [6.45, 7) is 0. The Morgan fingerprint density at radius 3 is 2.67 bits per heavy atom. The van der Waals surface area contributed by atoms with Gasteiger partial charge in [0.05, 0.1) is 11.1 Å². The van der Waals surface area contributed by atoms with Crippen LogP contribution in [0, 0.1) is 5.82 Å². The monoisotopic (exact) mass is 247 g/mol. The van der Waals surface area contributed by atoms with Crippen molar-refractivity contribution in [3.8, 4) is 11.4 Å². The van der Waals surface area contributed by atoms with Crippen molar-refractivity contribution in [2.24, 2.45) is 5.73 Å². The molecule has 5 heteroatoms. The molecular weight excluding hydrogens is 233 g/mol. The molecule has 0 saturated heterocycles. The number of rotatable bonds is 2. The summed E-state index contributed by atoms with van der Waals surface area (Å²) in [6, 6.07) is 6.37. The van der Waals surface area contributed by atoms with Crippen molar-refractivity contribution in [3.05, 3.63) is 36.0 Å². The number of hydrogen-bond acceptors (Lipinski definition) is 4. The molecule has 0 atom stereocenters. The van der Waals surface area contributed by atoms with Gasteiger partial charge in [0.1, 0.15) is 5.82 Å². The molecule has 1 aromatic carbocycles. The van der Waals surface area contributed by atoms with Crippen molar-refractivity contribution in [1.82, 2.24) is 10.1 Å². The highest BCUT2D eigenvalue weighted by Gasteiger charge is 2.37. The second-order valence-electron chi connectivity index (χ2n) is 4.77. The smallest absolute Gasteiger partial charge is 0.247 e. The van der Waals surface area contributed by atoms with Gasteiger partial charge in [0.15, 0.2) is 0 Å². The highest BCUT2D eigenvalue weighted by atomic mass is 19.1. The largest absolute Gasteiger partial charge is 0.337 e. The molecule has 4 nitrogen and oxygen atoms in total. The average Bonchev–Trinajstić information content (AvgIpc) is 2.99. The highest BCUT2D eigenvalue weighted by Crippen LogP contribution is 2.36. The summed E-state index contributed by atoms with van der Waals surface area (Å²) in [5.41, 5.74) is 6.03. The Kier molecular flexibility index (Phi) is 2.63. The zero-order valence-electron chi connectivity index (χ0n) is 9.90. The zero-order chi connectivity index (χ0) is 12.6. The van der Waals surface area contributed by atoms with Gasteiger partial charge in [-0.05, 0) is 25.0 Å². The van der Waals surface area contributed by atoms with Crippen molar-refractivity contribution >= 4 is 0 Å². The first kappa shape index (κ1) is 11.3. The third-order valence-electron chi connectivity index (χ3n) is 3.46. The molecule has 1 saturated carbocycles. The predicted octanol–water partition coefficient (Wildman–Crippen LogP) is 2.60. The van der Waals surface area contributed by atoms with E-state index in [2.05, 4.69) is 10.1 Å². The molecule has 0 aliphatic heterocycles. The Bertz CT molecular complexity index is 561. The minimum absolute atomic E-state index is 0.264. The fourth-order valence-electron chi connectivity index (χ4n) is 2.40. The molecule has 2 aromatic rings. The molecule has 1 aliphatic rings. The normalized spacial score (nSPS) is 18.1. The van der Waals surface area contributed by atoms with E-state index >= 15 is 0 Å². The molecule has 0 amide bonds. The first-order valence-electron chi connectivity index (χ1n) is 6.07. The maximum atomic E-state index is 13.6. The van der Waals surface area contributed by atoms with Crippen LogP contribution in [0.4, 0.5) is 4.39 Å². The quantitative estimate of drug-likeness (QED) is 0.885. The third kappa shape index (κ3) is 1.80. The summed E-state index contributed by atoms with van der Waals surface area (Å²) in [7, 11) is 0. The Labute approximate surface area is 104 Å². The van der Waals surface area contributed by atoms with Crippen molar-refractivity contribution in [1.29, 1.82) is 0 Å². The van der Waals surface area contributed by atoms with Gasteiger partial charge >= 0.3 is 0 Å². The molecule has 0 unspecified atom stereocenters. The Morgan fingerprint density at radius 1 is 1.22 bits per heavy atom. The SMILES string of the molecule is NC1(c2nc(-c3ccccc3F)no2)CCCC1. The fraction of sp³-hybridized carbons (Fsp3) is 0.385. The molecular formula is C13H14FN3O. The lowest BCUT2D eigenvalue weighted by atomic mass is 9.99. The number of hydrogen-bond donors (Lipinski definition) is 1. The summed E-state index contributed by atoms with van der Waals surface area (Å²) < 4.78 is 18.8. The predicted molar refractivity (Wildman–Crippen MR) is 64.0 cm³/mol. The van der Waals surface area contributed by atoms with Crippen LogP contribution in [0.2, 0.25) is 0 Å². The number of nitrogens with zero attached hydrogens (tertiary/aromatic N) is 2. The van der Waals surface area contributed by atoms with Crippen molar-refractivity contribution in [3.63, 3.8) is 0 Å². The van der Waals surface area contributed by atoms with Crippen molar-refractivity contribution in [2.75, 3.05) is 0 Å². The molecule has 1 fully saturated rings. The first-order chi connectivity index (χ1) is 8.69. The molecule has 0 radical (unpaired) electrons. The van der Waals surface area contributed by atoms with E-state index in [0.29, 0.717) is 11.5 Å². The van der Waals surface area contributed by atoms with Crippen LogP contribution in [0.1, 0.15) is 31.6 Å². The lowest BCUT2D eigenvalue weighted by Gasteiger charge is -2.17. The summed E-state index contributed by atoms with van der Waals surface area (Å²) in [5, 5.41) is 3.83. The maximum absolute atomic E-state index is 13.6. The van der Waals surface area contributed by atoms with Crippen LogP contribution in [-0.2, 0) is 5.54 Å². The van der Waals surface area contributed by atoms with Gasteiger partial charge in [0.2, 0.25) is 11.7 Å². The fourth-order valence-corrected chi connectivity index (χ4v) is 2.40. The van der Waals surface area contributed by atoms with E-state index in [1.807, 2.05) is 0 Å². The number of halogens is 1. The molecule has 1 heterocycles. The van der Waals surface area contributed by atoms with Gasteiger partial charge in [0, 0.05) is 0 Å². The van der Waals surface area contributed by atoms with E-state index in [9.17, 15) is 4.39 Å². The third-order valence-corrected chi connectivity index (χ3v) is 3.46. The molecule has 0 bridgehead atoms. The van der Waals surface area contributed by atoms with E-state index in [1.165, 1.54) is 6.07 Å². The molecule has 18 heavy (non-hydrogen) atoms. The topological polar surface area (TPSA) is 64.9 Å². The van der Waals surface area contributed by atoms with Crippen LogP contribution in [0.5, 0.6) is 0 Å². The van der Waals surface area contributed by atoms with Crippen molar-refractivity contribution < 1.29 is 8.91 Å². The zero-order valence-corrected chi connectivity index (χ0v) is 9.90. The minimum Gasteiger partial charge on any atom is -0.337 e. The molecule has 1 aliphatic carbocycles. The molecule has 94 valence electrons. The van der Waals surface area contributed by atoms with Gasteiger partial charge in [0.25, 0.3) is 0 Å². The van der Waals surface area contributed by atoms with Gasteiger partial charge in [-0.1, -0.05) is 30.1 Å². The van der Waals surface area contributed by atoms with Gasteiger partial charge in [-0.3, -0.25) is 0 Å². The standard InChI is InChI=1S/C13H14FN3O/c14-10-6-2-1-5-9(10)11-16-12(18-17-11)13(15)7-3-4-8-13/h1-2,5-6H,3-4,7-8,15H2. The van der Waals surface area contributed by atoms with E-state index in [1.54, 1.807) is 18.2 Å². The van der Waals surface area contributed by atoms with Gasteiger partial charge in [-0.25, -0.2) is 4.39 Å². The Hall–Kier alpha value is -1.75. The van der Waals surface area contributed by atoms with Crippen LogP contribution < -0.4 is 5.73 Å². The first-order valence-corrected chi connectivity index (χ1v) is 6.07. The van der Waals surface area contributed by atoms with Gasteiger partial charge < -0.3 is 10.3 Å². The van der Waals surface area contributed by atoms with Crippen LogP contribution in [0.15, 0.2) is 28.8 Å². The number of benzene rings is 1. The lowest BCUT2D eigenvalue weighted by molar-refractivity contribution is 0.285. The van der Waals surface area contributed by atoms with Crippen LogP contribution >= 0.6 is 0 Å². The summed E-state index contributed by atoms with van der Waals surface area (Å²) >= 11 is 0. The summed E-state index contributed by atoms with van der Waals surface area (Å²) in [5.74, 6) is 0.320. The number of aromatic nitrogens is 2. The average molecular weight is 247 g/mol. The summed E-state index contributed by atoms with van der Waals surface area (Å²) in [6.07, 6.45) is 3.81. The molecule has 1 aromatic heterocycles. The molecule has 2 N–H and O–H groups in total. The second-order valence-corrected chi connectivity index (χ2v) is 4.77. The highest BCUT2D eigenvalue weighted by molar-refractivity contribution is 5.54. The van der Waals surface area contributed by atoms with Crippen molar-refractivity contribution in [2.45, 2.75) is 31.2 Å². The maximum Gasteiger partial charge on any atom is 0.247 e.